The number of imidazole rings is 1. The summed E-state index contributed by atoms with van der Waals surface area (Å²) in [6.45, 7) is 2.67. The summed E-state index contributed by atoms with van der Waals surface area (Å²) in [5.41, 5.74) is 2.12. The molecule has 0 aromatic carbocycles. The van der Waals surface area contributed by atoms with E-state index in [-0.39, 0.29) is 11.8 Å². The molecule has 8 heteroatoms. The van der Waals surface area contributed by atoms with Crippen LogP contribution in [0, 0.1) is 12.8 Å². The fourth-order valence-electron chi connectivity index (χ4n) is 3.36. The molecule has 0 radical (unpaired) electrons. The first kappa shape index (κ1) is 14.9. The van der Waals surface area contributed by atoms with E-state index in [4.69, 9.17) is 4.52 Å². The minimum absolute atomic E-state index is 0.0548. The van der Waals surface area contributed by atoms with Gasteiger partial charge >= 0.3 is 0 Å². The molecule has 0 aliphatic carbocycles. The number of rotatable bonds is 3. The molecule has 3 aromatic heterocycles. The van der Waals surface area contributed by atoms with Crippen LogP contribution in [0.25, 0.3) is 5.65 Å². The van der Waals surface area contributed by atoms with Gasteiger partial charge in [0, 0.05) is 50.9 Å². The van der Waals surface area contributed by atoms with Gasteiger partial charge in [-0.05, 0) is 6.92 Å². The van der Waals surface area contributed by atoms with Gasteiger partial charge in [0.15, 0.2) is 0 Å². The first-order valence-electron chi connectivity index (χ1n) is 7.91. The van der Waals surface area contributed by atoms with Crippen molar-refractivity contribution in [2.24, 2.45) is 13.0 Å². The summed E-state index contributed by atoms with van der Waals surface area (Å²) in [5.74, 6) is 0.573. The van der Waals surface area contributed by atoms with E-state index >= 15 is 0 Å². The molecule has 2 atom stereocenters. The Labute approximate surface area is 138 Å². The number of nitrogens with zero attached hydrogens (tertiary/aromatic N) is 5. The van der Waals surface area contributed by atoms with Crippen molar-refractivity contribution in [3.8, 4) is 0 Å². The van der Waals surface area contributed by atoms with Gasteiger partial charge in [0.2, 0.25) is 0 Å². The topological polar surface area (TPSA) is 88.8 Å². The van der Waals surface area contributed by atoms with E-state index in [1.54, 1.807) is 21.8 Å². The number of aliphatic hydroxyl groups is 1. The van der Waals surface area contributed by atoms with E-state index in [0.29, 0.717) is 25.1 Å². The molecule has 4 rings (SSSR count). The lowest BCUT2D eigenvalue weighted by molar-refractivity contribution is 0.0766. The zero-order chi connectivity index (χ0) is 16.8. The zero-order valence-electron chi connectivity index (χ0n) is 13.6. The van der Waals surface area contributed by atoms with Crippen LogP contribution in [0.5, 0.6) is 0 Å². The van der Waals surface area contributed by atoms with E-state index < -0.39 is 6.10 Å². The third kappa shape index (κ3) is 2.39. The summed E-state index contributed by atoms with van der Waals surface area (Å²) in [5, 5.41) is 18.4. The van der Waals surface area contributed by atoms with Gasteiger partial charge in [0.25, 0.3) is 5.91 Å². The van der Waals surface area contributed by atoms with Crippen LogP contribution in [0.3, 0.4) is 0 Å². The Hall–Kier alpha value is -2.61. The maximum absolute atomic E-state index is 12.8. The van der Waals surface area contributed by atoms with Crippen LogP contribution in [0.2, 0.25) is 0 Å². The average Bonchev–Trinajstić information content (AvgIpc) is 3.28. The first-order valence-corrected chi connectivity index (χ1v) is 7.91. The molecule has 1 amide bonds. The maximum atomic E-state index is 12.8. The maximum Gasteiger partial charge on any atom is 0.259 e. The van der Waals surface area contributed by atoms with Crippen molar-refractivity contribution in [3.63, 3.8) is 0 Å². The summed E-state index contributed by atoms with van der Waals surface area (Å²) in [6.07, 6.45) is 5.24. The Morgan fingerprint density at radius 3 is 3.00 bits per heavy atom. The van der Waals surface area contributed by atoms with Gasteiger partial charge in [-0.2, -0.15) is 5.10 Å². The molecule has 1 saturated heterocycles. The second-order valence-electron chi connectivity index (χ2n) is 6.41. The van der Waals surface area contributed by atoms with Gasteiger partial charge in [-0.25, -0.2) is 4.52 Å². The van der Waals surface area contributed by atoms with Crippen molar-refractivity contribution in [2.45, 2.75) is 19.4 Å². The van der Waals surface area contributed by atoms with Crippen LogP contribution in [-0.2, 0) is 13.5 Å². The fourth-order valence-corrected chi connectivity index (χ4v) is 3.36. The minimum Gasteiger partial charge on any atom is -0.391 e. The lowest BCUT2D eigenvalue weighted by Gasteiger charge is -2.15. The van der Waals surface area contributed by atoms with Gasteiger partial charge in [-0.15, -0.1) is 0 Å². The number of aromatic nitrogens is 4. The van der Waals surface area contributed by atoms with Crippen LogP contribution < -0.4 is 0 Å². The highest BCUT2D eigenvalue weighted by Crippen LogP contribution is 2.24. The zero-order valence-corrected chi connectivity index (χ0v) is 13.6. The van der Waals surface area contributed by atoms with Crippen LogP contribution in [0.4, 0.5) is 0 Å². The quantitative estimate of drug-likeness (QED) is 0.762. The number of likely N-dealkylation sites (tertiary alicyclic amines) is 1. The summed E-state index contributed by atoms with van der Waals surface area (Å²) in [4.78, 5) is 14.5. The SMILES string of the molecule is Cc1cc(CC2CN(C(=O)c3cnn4ccn(C)c34)CC2O)on1. The number of amides is 1. The Kier molecular flexibility index (Phi) is 3.42. The minimum atomic E-state index is -0.571. The van der Waals surface area contributed by atoms with Crippen LogP contribution >= 0.6 is 0 Å². The van der Waals surface area contributed by atoms with Crippen molar-refractivity contribution >= 4 is 11.6 Å². The summed E-state index contributed by atoms with van der Waals surface area (Å²) in [7, 11) is 1.88. The second kappa shape index (κ2) is 5.48. The third-order valence-corrected chi connectivity index (χ3v) is 4.60. The molecule has 1 fully saturated rings. The van der Waals surface area contributed by atoms with Gasteiger partial charge < -0.3 is 19.1 Å². The lowest BCUT2D eigenvalue weighted by Crippen LogP contribution is -2.29. The van der Waals surface area contributed by atoms with Gasteiger partial charge in [0.1, 0.15) is 17.0 Å². The molecule has 1 N–H and O–H groups in total. The number of carbonyl (C=O) groups excluding carboxylic acids is 1. The molecule has 0 bridgehead atoms. The summed E-state index contributed by atoms with van der Waals surface area (Å²) >= 11 is 0. The monoisotopic (exact) mass is 329 g/mol. The molecule has 2 unspecified atom stereocenters. The molecule has 0 spiro atoms. The van der Waals surface area contributed by atoms with Gasteiger partial charge in [-0.1, -0.05) is 5.16 Å². The van der Waals surface area contributed by atoms with Crippen molar-refractivity contribution in [2.75, 3.05) is 13.1 Å². The Morgan fingerprint density at radius 1 is 1.42 bits per heavy atom. The molecule has 0 saturated carbocycles. The molecular formula is C16H19N5O3. The first-order chi connectivity index (χ1) is 11.5. The van der Waals surface area contributed by atoms with Crippen molar-refractivity contribution in [1.29, 1.82) is 0 Å². The molecule has 126 valence electrons. The molecule has 24 heavy (non-hydrogen) atoms. The molecule has 4 heterocycles. The number of aryl methyl sites for hydroxylation is 2. The molecule has 3 aromatic rings. The summed E-state index contributed by atoms with van der Waals surface area (Å²) in [6, 6.07) is 1.86. The van der Waals surface area contributed by atoms with E-state index in [0.717, 1.165) is 17.1 Å². The third-order valence-electron chi connectivity index (χ3n) is 4.60. The number of aliphatic hydroxyl groups excluding tert-OH is 1. The standard InChI is InChI=1S/C16H19N5O3/c1-10-5-12(24-18-10)6-11-8-20(9-14(11)22)16(23)13-7-17-21-4-3-19(2)15(13)21/h3-5,7,11,14,22H,6,8-9H2,1-2H3. The Balaban J connectivity index is 1.52. The second-order valence-corrected chi connectivity index (χ2v) is 6.41. The largest absolute Gasteiger partial charge is 0.391 e. The highest BCUT2D eigenvalue weighted by Gasteiger charge is 2.36. The Bertz CT molecular complexity index is 893. The number of hydrogen-bond donors (Lipinski definition) is 1. The number of carbonyl (C=O) groups is 1. The van der Waals surface area contributed by atoms with Crippen LogP contribution in [0.1, 0.15) is 21.8 Å². The van der Waals surface area contributed by atoms with Crippen molar-refractivity contribution in [1.82, 2.24) is 24.2 Å². The molecule has 8 nitrogen and oxygen atoms in total. The van der Waals surface area contributed by atoms with E-state index in [2.05, 4.69) is 10.3 Å². The van der Waals surface area contributed by atoms with Crippen LogP contribution in [-0.4, -0.2) is 54.4 Å². The average molecular weight is 329 g/mol. The number of hydrogen-bond acceptors (Lipinski definition) is 5. The predicted octanol–water partition coefficient (Wildman–Crippen LogP) is 0.645. The lowest BCUT2D eigenvalue weighted by atomic mass is 10.0. The highest BCUT2D eigenvalue weighted by atomic mass is 16.5. The molecule has 1 aliphatic rings. The van der Waals surface area contributed by atoms with E-state index in [9.17, 15) is 9.90 Å². The number of β-amino-alcohol motifs (C(OH)–C–C–N with tert-alkyl or cyclic N) is 1. The Morgan fingerprint density at radius 2 is 2.25 bits per heavy atom. The van der Waals surface area contributed by atoms with Gasteiger partial charge in [0.05, 0.1) is 18.0 Å². The highest BCUT2D eigenvalue weighted by molar-refractivity contribution is 6.00. The normalized spacial score (nSPS) is 21.0. The van der Waals surface area contributed by atoms with Gasteiger partial charge in [-0.3, -0.25) is 4.79 Å². The number of fused-ring (bicyclic) bond motifs is 1. The van der Waals surface area contributed by atoms with E-state index in [1.807, 2.05) is 30.8 Å². The fraction of sp³-hybridized carbons (Fsp3) is 0.438. The van der Waals surface area contributed by atoms with Crippen LogP contribution in [0.15, 0.2) is 29.2 Å². The smallest absolute Gasteiger partial charge is 0.259 e. The summed E-state index contributed by atoms with van der Waals surface area (Å²) < 4.78 is 8.76. The molecular weight excluding hydrogens is 310 g/mol. The van der Waals surface area contributed by atoms with Crippen molar-refractivity contribution < 1.29 is 14.4 Å². The van der Waals surface area contributed by atoms with Crippen molar-refractivity contribution in [3.05, 3.63) is 41.7 Å². The predicted molar refractivity (Wildman–Crippen MR) is 84.5 cm³/mol. The molecule has 1 aliphatic heterocycles. The van der Waals surface area contributed by atoms with E-state index in [1.165, 1.54) is 0 Å².